The number of anilines is 1. The molecule has 2 rings (SSSR count). The van der Waals surface area contributed by atoms with E-state index in [9.17, 15) is 13.2 Å². The molecule has 0 aliphatic carbocycles. The number of amides is 1. The van der Waals surface area contributed by atoms with Gasteiger partial charge in [0.1, 0.15) is 4.21 Å². The van der Waals surface area contributed by atoms with E-state index in [1.54, 1.807) is 30.3 Å². The number of thiophene rings is 1. The maximum absolute atomic E-state index is 11.9. The van der Waals surface area contributed by atoms with Gasteiger partial charge >= 0.3 is 0 Å². The second kappa shape index (κ2) is 6.49. The van der Waals surface area contributed by atoms with Gasteiger partial charge in [0.25, 0.3) is 10.0 Å². The zero-order valence-corrected chi connectivity index (χ0v) is 13.4. The van der Waals surface area contributed by atoms with Crippen molar-refractivity contribution in [1.29, 1.82) is 0 Å². The van der Waals surface area contributed by atoms with Crippen molar-refractivity contribution in [1.82, 2.24) is 4.72 Å². The molecule has 1 aromatic heterocycles. The fourth-order valence-electron chi connectivity index (χ4n) is 1.40. The Labute approximate surface area is 129 Å². The lowest BCUT2D eigenvalue weighted by atomic mass is 10.3. The molecule has 0 fully saturated rings. The van der Waals surface area contributed by atoms with E-state index in [1.807, 2.05) is 6.07 Å². The topological polar surface area (TPSA) is 75.3 Å². The molecule has 0 aliphatic heterocycles. The van der Waals surface area contributed by atoms with E-state index in [1.165, 1.54) is 6.07 Å². The SMILES string of the molecule is O=C(CNS(=O)(=O)c1ccc(Br)s1)Nc1ccccc1. The van der Waals surface area contributed by atoms with Crippen LogP contribution in [0.3, 0.4) is 0 Å². The standard InChI is InChI=1S/C12H11BrN2O3S2/c13-10-6-7-12(19-10)20(17,18)14-8-11(16)15-9-4-2-1-3-5-9/h1-7,14H,8H2,(H,15,16). The monoisotopic (exact) mass is 374 g/mol. The first-order valence-corrected chi connectivity index (χ1v) is 8.66. The van der Waals surface area contributed by atoms with Gasteiger partial charge in [-0.05, 0) is 40.2 Å². The first kappa shape index (κ1) is 15.2. The van der Waals surface area contributed by atoms with Crippen LogP contribution in [0.1, 0.15) is 0 Å². The normalized spacial score (nSPS) is 11.2. The van der Waals surface area contributed by atoms with Gasteiger partial charge in [-0.15, -0.1) is 11.3 Å². The van der Waals surface area contributed by atoms with Gasteiger partial charge in [0.15, 0.2) is 0 Å². The molecule has 2 aromatic rings. The Morgan fingerprint density at radius 3 is 2.45 bits per heavy atom. The first-order chi connectivity index (χ1) is 9.47. The Morgan fingerprint density at radius 2 is 1.85 bits per heavy atom. The van der Waals surface area contributed by atoms with Crippen molar-refractivity contribution in [2.45, 2.75) is 4.21 Å². The number of nitrogens with one attached hydrogen (secondary N) is 2. The van der Waals surface area contributed by atoms with Crippen LogP contribution >= 0.6 is 27.3 Å². The van der Waals surface area contributed by atoms with Gasteiger partial charge in [-0.2, -0.15) is 0 Å². The van der Waals surface area contributed by atoms with Crippen LogP contribution in [-0.2, 0) is 14.8 Å². The molecule has 20 heavy (non-hydrogen) atoms. The lowest BCUT2D eigenvalue weighted by Crippen LogP contribution is -2.32. The number of carbonyl (C=O) groups excluding carboxylic acids is 1. The lowest BCUT2D eigenvalue weighted by molar-refractivity contribution is -0.115. The van der Waals surface area contributed by atoms with E-state index in [0.29, 0.717) is 9.47 Å². The number of benzene rings is 1. The minimum Gasteiger partial charge on any atom is -0.325 e. The first-order valence-electron chi connectivity index (χ1n) is 5.57. The quantitative estimate of drug-likeness (QED) is 0.843. The van der Waals surface area contributed by atoms with Gasteiger partial charge < -0.3 is 5.32 Å². The highest BCUT2D eigenvalue weighted by molar-refractivity contribution is 9.11. The lowest BCUT2D eigenvalue weighted by Gasteiger charge is -2.06. The Morgan fingerprint density at radius 1 is 1.15 bits per heavy atom. The summed E-state index contributed by atoms with van der Waals surface area (Å²) in [6.45, 7) is -0.313. The molecule has 1 heterocycles. The van der Waals surface area contributed by atoms with Crippen LogP contribution in [0.4, 0.5) is 5.69 Å². The molecule has 106 valence electrons. The third-order valence-corrected chi connectivity index (χ3v) is 5.81. The number of carbonyl (C=O) groups is 1. The van der Waals surface area contributed by atoms with Crippen LogP contribution in [0.25, 0.3) is 0 Å². The largest absolute Gasteiger partial charge is 0.325 e. The summed E-state index contributed by atoms with van der Waals surface area (Å²) in [6.07, 6.45) is 0. The summed E-state index contributed by atoms with van der Waals surface area (Å²) in [4.78, 5) is 11.7. The minimum atomic E-state index is -3.65. The molecule has 0 radical (unpaired) electrons. The summed E-state index contributed by atoms with van der Waals surface area (Å²) < 4.78 is 26.9. The fourth-order valence-corrected chi connectivity index (χ4v) is 4.44. The molecule has 5 nitrogen and oxygen atoms in total. The van der Waals surface area contributed by atoms with E-state index in [2.05, 4.69) is 26.0 Å². The molecular weight excluding hydrogens is 364 g/mol. The van der Waals surface area contributed by atoms with E-state index < -0.39 is 15.9 Å². The summed E-state index contributed by atoms with van der Waals surface area (Å²) in [7, 11) is -3.65. The molecule has 0 aliphatic rings. The summed E-state index contributed by atoms with van der Waals surface area (Å²) in [6, 6.07) is 12.0. The van der Waals surface area contributed by atoms with Crippen molar-refractivity contribution in [3.63, 3.8) is 0 Å². The Kier molecular flexibility index (Phi) is 4.92. The van der Waals surface area contributed by atoms with Crippen molar-refractivity contribution < 1.29 is 13.2 Å². The van der Waals surface area contributed by atoms with Gasteiger partial charge in [0.05, 0.1) is 10.3 Å². The average Bonchev–Trinajstić information content (AvgIpc) is 2.85. The molecule has 1 aromatic carbocycles. The maximum Gasteiger partial charge on any atom is 0.250 e. The molecule has 0 bridgehead atoms. The maximum atomic E-state index is 11.9. The Bertz CT molecular complexity index is 699. The second-order valence-electron chi connectivity index (χ2n) is 3.80. The van der Waals surface area contributed by atoms with Crippen LogP contribution in [-0.4, -0.2) is 20.9 Å². The molecule has 0 unspecified atom stereocenters. The van der Waals surface area contributed by atoms with Crippen LogP contribution in [0.2, 0.25) is 0 Å². The molecule has 1 amide bonds. The van der Waals surface area contributed by atoms with Crippen LogP contribution < -0.4 is 10.0 Å². The predicted molar refractivity (Wildman–Crippen MR) is 82.3 cm³/mol. The molecular formula is C12H11BrN2O3S2. The van der Waals surface area contributed by atoms with Crippen molar-refractivity contribution in [2.24, 2.45) is 0 Å². The smallest absolute Gasteiger partial charge is 0.250 e. The number of halogens is 1. The number of hydrogen-bond acceptors (Lipinski definition) is 4. The van der Waals surface area contributed by atoms with Gasteiger partial charge in [0.2, 0.25) is 5.91 Å². The highest BCUT2D eigenvalue weighted by Gasteiger charge is 2.17. The highest BCUT2D eigenvalue weighted by Crippen LogP contribution is 2.25. The van der Waals surface area contributed by atoms with E-state index in [-0.39, 0.29) is 10.8 Å². The van der Waals surface area contributed by atoms with Crippen LogP contribution in [0.5, 0.6) is 0 Å². The molecule has 0 atom stereocenters. The Hall–Kier alpha value is -1.22. The van der Waals surface area contributed by atoms with Gasteiger partial charge in [0, 0.05) is 5.69 Å². The zero-order valence-electron chi connectivity index (χ0n) is 10.2. The number of para-hydroxylation sites is 1. The van der Waals surface area contributed by atoms with E-state index in [4.69, 9.17) is 0 Å². The van der Waals surface area contributed by atoms with Gasteiger partial charge in [-0.25, -0.2) is 13.1 Å². The van der Waals surface area contributed by atoms with Crippen molar-refractivity contribution in [3.8, 4) is 0 Å². The van der Waals surface area contributed by atoms with Gasteiger partial charge in [-0.3, -0.25) is 4.79 Å². The second-order valence-corrected chi connectivity index (χ2v) is 8.25. The molecule has 0 saturated carbocycles. The third-order valence-electron chi connectivity index (χ3n) is 2.29. The minimum absolute atomic E-state index is 0.164. The predicted octanol–water partition coefficient (Wildman–Crippen LogP) is 2.43. The van der Waals surface area contributed by atoms with Crippen molar-refractivity contribution in [3.05, 3.63) is 46.3 Å². The summed E-state index contributed by atoms with van der Waals surface area (Å²) in [5.41, 5.74) is 0.621. The third kappa shape index (κ3) is 4.14. The molecule has 8 heteroatoms. The highest BCUT2D eigenvalue weighted by atomic mass is 79.9. The van der Waals surface area contributed by atoms with E-state index in [0.717, 1.165) is 11.3 Å². The summed E-state index contributed by atoms with van der Waals surface area (Å²) in [5.74, 6) is -0.421. The zero-order chi connectivity index (χ0) is 14.6. The van der Waals surface area contributed by atoms with Crippen molar-refractivity contribution in [2.75, 3.05) is 11.9 Å². The summed E-state index contributed by atoms with van der Waals surface area (Å²) in [5, 5.41) is 2.60. The van der Waals surface area contributed by atoms with Crippen LogP contribution in [0, 0.1) is 0 Å². The van der Waals surface area contributed by atoms with Gasteiger partial charge in [-0.1, -0.05) is 18.2 Å². The summed E-state index contributed by atoms with van der Waals surface area (Å²) >= 11 is 4.28. The molecule has 0 spiro atoms. The number of hydrogen-bond donors (Lipinski definition) is 2. The van der Waals surface area contributed by atoms with Crippen LogP contribution in [0.15, 0.2) is 50.5 Å². The number of rotatable bonds is 5. The fraction of sp³-hybridized carbons (Fsp3) is 0.0833. The molecule has 2 N–H and O–H groups in total. The average molecular weight is 375 g/mol. The van der Waals surface area contributed by atoms with Crippen molar-refractivity contribution >= 4 is 48.9 Å². The molecule has 0 saturated heterocycles. The Balaban J connectivity index is 1.93. The number of sulfonamides is 1. The van der Waals surface area contributed by atoms with E-state index >= 15 is 0 Å².